The maximum absolute atomic E-state index is 11.7. The summed E-state index contributed by atoms with van der Waals surface area (Å²) < 4.78 is 23.3. The van der Waals surface area contributed by atoms with Crippen molar-refractivity contribution in [3.05, 3.63) is 40.4 Å². The molecule has 4 nitrogen and oxygen atoms in total. The van der Waals surface area contributed by atoms with Crippen LogP contribution in [0.4, 0.5) is 0 Å². The fourth-order valence-corrected chi connectivity index (χ4v) is 1.88. The maximum atomic E-state index is 11.7. The second kappa shape index (κ2) is 6.05. The number of sulfonamides is 1. The number of hydrogen-bond donors (Lipinski definition) is 1. The van der Waals surface area contributed by atoms with Crippen LogP contribution in [0.5, 0.6) is 0 Å². The molecule has 1 N–H and O–H groups in total. The van der Waals surface area contributed by atoms with Crippen molar-refractivity contribution in [3.63, 3.8) is 0 Å². The van der Waals surface area contributed by atoms with Gasteiger partial charge in [0.15, 0.2) is 0 Å². The summed E-state index contributed by atoms with van der Waals surface area (Å²) in [5.41, 5.74) is 0.976. The standard InChI is InChI=1S/C10H10Cl2N2O2S/c1-8-2-4-9(5-3-8)17(15,16)14-13-7-6-10(11)12/h2-7,14H,1H3/b13-7+. The van der Waals surface area contributed by atoms with Crippen molar-refractivity contribution in [1.29, 1.82) is 0 Å². The Balaban J connectivity index is 2.79. The number of hydrogen-bond acceptors (Lipinski definition) is 3. The summed E-state index contributed by atoms with van der Waals surface area (Å²) in [7, 11) is -3.64. The summed E-state index contributed by atoms with van der Waals surface area (Å²) in [5, 5.41) is 3.47. The highest BCUT2D eigenvalue weighted by Crippen LogP contribution is 2.09. The van der Waals surface area contributed by atoms with E-state index in [1.165, 1.54) is 18.2 Å². The number of rotatable bonds is 4. The minimum Gasteiger partial charge on any atom is -0.200 e. The van der Waals surface area contributed by atoms with E-state index in [0.717, 1.165) is 11.8 Å². The number of aryl methyl sites for hydroxylation is 1. The molecule has 0 radical (unpaired) electrons. The van der Waals surface area contributed by atoms with Crippen LogP contribution in [0.25, 0.3) is 0 Å². The molecule has 1 rings (SSSR count). The van der Waals surface area contributed by atoms with Crippen LogP contribution >= 0.6 is 23.2 Å². The summed E-state index contributed by atoms with van der Waals surface area (Å²) in [6.07, 6.45) is 2.40. The molecule has 0 saturated carbocycles. The Kier molecular flexibility index (Phi) is 4.99. The highest BCUT2D eigenvalue weighted by atomic mass is 35.5. The maximum Gasteiger partial charge on any atom is 0.276 e. The van der Waals surface area contributed by atoms with Gasteiger partial charge in [0.25, 0.3) is 10.0 Å². The van der Waals surface area contributed by atoms with Crippen molar-refractivity contribution in [1.82, 2.24) is 4.83 Å². The van der Waals surface area contributed by atoms with Gasteiger partial charge < -0.3 is 0 Å². The zero-order valence-corrected chi connectivity index (χ0v) is 11.2. The third-order valence-electron chi connectivity index (χ3n) is 1.78. The van der Waals surface area contributed by atoms with Crippen molar-refractivity contribution >= 4 is 39.4 Å². The molecule has 0 unspecified atom stereocenters. The topological polar surface area (TPSA) is 58.5 Å². The number of hydrazone groups is 1. The summed E-state index contributed by atoms with van der Waals surface area (Å²) in [5.74, 6) is 0. The molecular formula is C10H10Cl2N2O2S. The first-order valence-electron chi connectivity index (χ1n) is 4.54. The third kappa shape index (κ3) is 4.77. The molecule has 0 fully saturated rings. The van der Waals surface area contributed by atoms with Crippen LogP contribution < -0.4 is 4.83 Å². The molecular weight excluding hydrogens is 283 g/mol. The van der Waals surface area contributed by atoms with E-state index in [1.54, 1.807) is 12.1 Å². The minimum absolute atomic E-state index is 0.0108. The molecule has 0 bridgehead atoms. The van der Waals surface area contributed by atoms with Gasteiger partial charge in [-0.3, -0.25) is 0 Å². The fourth-order valence-electron chi connectivity index (χ4n) is 0.964. The molecule has 0 aliphatic heterocycles. The van der Waals surface area contributed by atoms with Gasteiger partial charge in [-0.25, -0.2) is 4.83 Å². The van der Waals surface area contributed by atoms with Gasteiger partial charge >= 0.3 is 0 Å². The molecule has 0 heterocycles. The largest absolute Gasteiger partial charge is 0.276 e. The molecule has 0 spiro atoms. The van der Waals surface area contributed by atoms with Gasteiger partial charge in [-0.1, -0.05) is 40.9 Å². The van der Waals surface area contributed by atoms with E-state index in [-0.39, 0.29) is 9.39 Å². The number of nitrogens with one attached hydrogen (secondary N) is 1. The van der Waals surface area contributed by atoms with Crippen molar-refractivity contribution in [3.8, 4) is 0 Å². The fraction of sp³-hybridized carbons (Fsp3) is 0.100. The van der Waals surface area contributed by atoms with Gasteiger partial charge in [0.1, 0.15) is 4.49 Å². The molecule has 0 amide bonds. The lowest BCUT2D eigenvalue weighted by atomic mass is 10.2. The minimum atomic E-state index is -3.64. The van der Waals surface area contributed by atoms with Gasteiger partial charge in [-0.2, -0.15) is 13.5 Å². The van der Waals surface area contributed by atoms with E-state index in [9.17, 15) is 8.42 Å². The van der Waals surface area contributed by atoms with Crippen LogP contribution in [0.3, 0.4) is 0 Å². The highest BCUT2D eigenvalue weighted by Gasteiger charge is 2.11. The Morgan fingerprint density at radius 2 is 1.88 bits per heavy atom. The first-order valence-corrected chi connectivity index (χ1v) is 6.78. The van der Waals surface area contributed by atoms with Crippen molar-refractivity contribution in [2.24, 2.45) is 5.10 Å². The first kappa shape index (κ1) is 14.0. The molecule has 0 atom stereocenters. The van der Waals surface area contributed by atoms with Crippen LogP contribution in [-0.2, 0) is 10.0 Å². The molecule has 0 aliphatic rings. The Labute approximate surface area is 110 Å². The van der Waals surface area contributed by atoms with E-state index < -0.39 is 10.0 Å². The van der Waals surface area contributed by atoms with Crippen LogP contribution in [0, 0.1) is 6.92 Å². The first-order chi connectivity index (χ1) is 7.92. The number of allylic oxidation sites excluding steroid dienone is 1. The predicted octanol–water partition coefficient (Wildman–Crippen LogP) is 2.58. The molecule has 0 saturated heterocycles. The summed E-state index contributed by atoms with van der Waals surface area (Å²) >= 11 is 10.6. The van der Waals surface area contributed by atoms with E-state index in [4.69, 9.17) is 23.2 Å². The Hall–Kier alpha value is -1.04. The molecule has 1 aromatic rings. The van der Waals surface area contributed by atoms with Crippen molar-refractivity contribution in [2.75, 3.05) is 0 Å². The lowest BCUT2D eigenvalue weighted by Crippen LogP contribution is -2.18. The van der Waals surface area contributed by atoms with E-state index in [0.29, 0.717) is 0 Å². The molecule has 7 heteroatoms. The molecule has 92 valence electrons. The average Bonchev–Trinajstić information content (AvgIpc) is 2.25. The van der Waals surface area contributed by atoms with Gasteiger partial charge in [0.2, 0.25) is 0 Å². The van der Waals surface area contributed by atoms with E-state index in [1.807, 2.05) is 11.8 Å². The van der Waals surface area contributed by atoms with Crippen LogP contribution in [0.1, 0.15) is 5.56 Å². The zero-order valence-electron chi connectivity index (χ0n) is 8.89. The Morgan fingerprint density at radius 1 is 1.29 bits per heavy atom. The van der Waals surface area contributed by atoms with Crippen molar-refractivity contribution in [2.45, 2.75) is 11.8 Å². The van der Waals surface area contributed by atoms with Crippen molar-refractivity contribution < 1.29 is 8.42 Å². The van der Waals surface area contributed by atoms with Crippen LogP contribution in [0.2, 0.25) is 0 Å². The lowest BCUT2D eigenvalue weighted by molar-refractivity contribution is 0.584. The van der Waals surface area contributed by atoms with Crippen LogP contribution in [0.15, 0.2) is 44.8 Å². The molecule has 0 aromatic heterocycles. The summed E-state index contributed by atoms with van der Waals surface area (Å²) in [4.78, 5) is 2.17. The number of halogens is 2. The zero-order chi connectivity index (χ0) is 12.9. The van der Waals surface area contributed by atoms with Crippen LogP contribution in [-0.4, -0.2) is 14.6 Å². The second-order valence-corrected chi connectivity index (χ2v) is 5.81. The molecule has 17 heavy (non-hydrogen) atoms. The summed E-state index contributed by atoms with van der Waals surface area (Å²) in [6.45, 7) is 1.87. The lowest BCUT2D eigenvalue weighted by Gasteiger charge is -2.02. The number of benzene rings is 1. The van der Waals surface area contributed by atoms with Gasteiger partial charge in [0.05, 0.1) is 11.1 Å². The Morgan fingerprint density at radius 3 is 2.41 bits per heavy atom. The van der Waals surface area contributed by atoms with E-state index in [2.05, 4.69) is 5.10 Å². The third-order valence-corrected chi connectivity index (χ3v) is 3.27. The second-order valence-electron chi connectivity index (χ2n) is 3.14. The quantitative estimate of drug-likeness (QED) is 0.685. The van der Waals surface area contributed by atoms with Gasteiger partial charge in [-0.15, -0.1) is 0 Å². The monoisotopic (exact) mass is 292 g/mol. The van der Waals surface area contributed by atoms with Gasteiger partial charge in [-0.05, 0) is 25.1 Å². The molecule has 0 aliphatic carbocycles. The predicted molar refractivity (Wildman–Crippen MR) is 69.8 cm³/mol. The average molecular weight is 293 g/mol. The smallest absolute Gasteiger partial charge is 0.200 e. The Bertz CT molecular complexity index is 532. The number of nitrogens with zero attached hydrogens (tertiary/aromatic N) is 1. The van der Waals surface area contributed by atoms with E-state index >= 15 is 0 Å². The van der Waals surface area contributed by atoms with Gasteiger partial charge in [0, 0.05) is 0 Å². The summed E-state index contributed by atoms with van der Waals surface area (Å²) in [6, 6.07) is 6.40. The highest BCUT2D eigenvalue weighted by molar-refractivity contribution is 7.89. The SMILES string of the molecule is Cc1ccc(S(=O)(=O)N/N=C/C=C(Cl)Cl)cc1. The molecule has 1 aromatic carbocycles. The normalized spacial score (nSPS) is 11.5.